The van der Waals surface area contributed by atoms with Crippen LogP contribution in [0.3, 0.4) is 0 Å². The lowest BCUT2D eigenvalue weighted by atomic mass is 10.1. The Morgan fingerprint density at radius 3 is 2.39 bits per heavy atom. The molecule has 2 aromatic carbocycles. The van der Waals surface area contributed by atoms with Crippen LogP contribution in [0.25, 0.3) is 0 Å². The van der Waals surface area contributed by atoms with Gasteiger partial charge in [-0.25, -0.2) is 4.79 Å². The molecule has 0 aliphatic rings. The molecule has 2 aromatic rings. The Morgan fingerprint density at radius 1 is 1.04 bits per heavy atom. The molecule has 0 aromatic heterocycles. The van der Waals surface area contributed by atoms with E-state index in [1.54, 1.807) is 18.2 Å². The van der Waals surface area contributed by atoms with E-state index >= 15 is 0 Å². The first-order valence-corrected chi connectivity index (χ1v) is 7.21. The van der Waals surface area contributed by atoms with Crippen molar-refractivity contribution in [2.75, 3.05) is 11.9 Å². The highest BCUT2D eigenvalue weighted by Crippen LogP contribution is 2.22. The minimum atomic E-state index is -1.09. The minimum Gasteiger partial charge on any atom is -0.483 e. The molecule has 2 rings (SSSR count). The number of hydrogen-bond acceptors (Lipinski definition) is 3. The van der Waals surface area contributed by atoms with Crippen molar-refractivity contribution in [2.45, 2.75) is 20.8 Å². The molecule has 0 atom stereocenters. The van der Waals surface area contributed by atoms with Gasteiger partial charge in [-0.2, -0.15) is 0 Å². The van der Waals surface area contributed by atoms with E-state index in [-0.39, 0.29) is 17.9 Å². The number of aromatic carboxylic acids is 1. The zero-order valence-electron chi connectivity index (χ0n) is 13.3. The van der Waals surface area contributed by atoms with Gasteiger partial charge in [0.25, 0.3) is 5.91 Å². The van der Waals surface area contributed by atoms with Crippen LogP contribution < -0.4 is 10.1 Å². The molecule has 0 heterocycles. The van der Waals surface area contributed by atoms with Crippen molar-refractivity contribution >= 4 is 17.6 Å². The van der Waals surface area contributed by atoms with Gasteiger partial charge in [0.1, 0.15) is 5.75 Å². The Kier molecular flexibility index (Phi) is 5.01. The second-order valence-corrected chi connectivity index (χ2v) is 5.39. The van der Waals surface area contributed by atoms with Crippen LogP contribution in [0.2, 0.25) is 0 Å². The van der Waals surface area contributed by atoms with Crippen LogP contribution in [0.4, 0.5) is 5.69 Å². The molecule has 5 nitrogen and oxygen atoms in total. The zero-order valence-corrected chi connectivity index (χ0v) is 13.3. The predicted octanol–water partition coefficient (Wildman–Crippen LogP) is 3.33. The third-order valence-corrected chi connectivity index (χ3v) is 3.58. The summed E-state index contributed by atoms with van der Waals surface area (Å²) in [7, 11) is 0. The van der Waals surface area contributed by atoms with Crippen molar-refractivity contribution in [2.24, 2.45) is 0 Å². The fraction of sp³-hybridized carbons (Fsp3) is 0.222. The van der Waals surface area contributed by atoms with Crippen LogP contribution >= 0.6 is 0 Å². The van der Waals surface area contributed by atoms with Crippen molar-refractivity contribution in [1.29, 1.82) is 0 Å². The number of ether oxygens (including phenoxy) is 1. The number of aryl methyl sites for hydroxylation is 3. The van der Waals surface area contributed by atoms with E-state index in [9.17, 15) is 9.59 Å². The van der Waals surface area contributed by atoms with Gasteiger partial charge in [-0.15, -0.1) is 0 Å². The van der Waals surface area contributed by atoms with Gasteiger partial charge < -0.3 is 15.2 Å². The van der Waals surface area contributed by atoms with Crippen LogP contribution in [0.15, 0.2) is 36.4 Å². The molecule has 0 spiro atoms. The lowest BCUT2D eigenvalue weighted by Crippen LogP contribution is -2.21. The van der Waals surface area contributed by atoms with Crippen LogP contribution in [0.5, 0.6) is 5.75 Å². The number of nitrogens with one attached hydrogen (secondary N) is 1. The number of carboxylic acid groups (broad SMARTS) is 1. The molecule has 0 aliphatic carbocycles. The third kappa shape index (κ3) is 4.10. The molecule has 0 unspecified atom stereocenters. The summed E-state index contributed by atoms with van der Waals surface area (Å²) in [6, 6.07) is 10.1. The van der Waals surface area contributed by atoms with Crippen LogP contribution in [0.1, 0.15) is 27.0 Å². The summed E-state index contributed by atoms with van der Waals surface area (Å²) in [5, 5.41) is 11.7. The predicted molar refractivity (Wildman–Crippen MR) is 88.2 cm³/mol. The van der Waals surface area contributed by atoms with Crippen LogP contribution in [0, 0.1) is 20.8 Å². The summed E-state index contributed by atoms with van der Waals surface area (Å²) in [5.74, 6) is -0.849. The molecule has 5 heteroatoms. The van der Waals surface area contributed by atoms with Crippen LogP contribution in [-0.2, 0) is 4.79 Å². The molecule has 0 saturated carbocycles. The fourth-order valence-corrected chi connectivity index (χ4v) is 2.20. The SMILES string of the molecule is Cc1cc(C)c(OCC(=O)Nc2ccccc2C(=O)O)cc1C. The average molecular weight is 313 g/mol. The highest BCUT2D eigenvalue weighted by Gasteiger charge is 2.12. The van der Waals surface area contributed by atoms with Gasteiger partial charge in [0, 0.05) is 0 Å². The maximum atomic E-state index is 12.0. The van der Waals surface area contributed by atoms with E-state index in [1.165, 1.54) is 6.07 Å². The Hall–Kier alpha value is -2.82. The number of amides is 1. The monoisotopic (exact) mass is 313 g/mol. The number of carboxylic acids is 1. The third-order valence-electron chi connectivity index (χ3n) is 3.58. The van der Waals surface area contributed by atoms with Gasteiger partial charge in [-0.1, -0.05) is 18.2 Å². The summed E-state index contributed by atoms with van der Waals surface area (Å²) in [4.78, 5) is 23.1. The Balaban J connectivity index is 2.04. The van der Waals surface area contributed by atoms with E-state index in [4.69, 9.17) is 9.84 Å². The number of anilines is 1. The lowest BCUT2D eigenvalue weighted by Gasteiger charge is -2.12. The molecule has 23 heavy (non-hydrogen) atoms. The quantitative estimate of drug-likeness (QED) is 0.888. The topological polar surface area (TPSA) is 75.6 Å². The van der Waals surface area contributed by atoms with Crippen molar-refractivity contribution in [1.82, 2.24) is 0 Å². The highest BCUT2D eigenvalue weighted by atomic mass is 16.5. The Morgan fingerprint density at radius 2 is 1.70 bits per heavy atom. The maximum Gasteiger partial charge on any atom is 0.337 e. The summed E-state index contributed by atoms with van der Waals surface area (Å²) < 4.78 is 5.55. The maximum absolute atomic E-state index is 12.0. The zero-order chi connectivity index (χ0) is 17.0. The lowest BCUT2D eigenvalue weighted by molar-refractivity contribution is -0.118. The van der Waals surface area contributed by atoms with E-state index in [2.05, 4.69) is 5.32 Å². The van der Waals surface area contributed by atoms with Crippen molar-refractivity contribution in [3.05, 3.63) is 58.7 Å². The van der Waals surface area contributed by atoms with Gasteiger partial charge in [-0.05, 0) is 55.7 Å². The molecule has 0 radical (unpaired) electrons. The van der Waals surface area contributed by atoms with Crippen molar-refractivity contribution in [3.8, 4) is 5.75 Å². The van der Waals surface area contributed by atoms with Gasteiger partial charge >= 0.3 is 5.97 Å². The van der Waals surface area contributed by atoms with E-state index in [1.807, 2.05) is 32.9 Å². The number of carbonyl (C=O) groups excluding carboxylic acids is 1. The van der Waals surface area contributed by atoms with Gasteiger partial charge in [0.05, 0.1) is 11.3 Å². The van der Waals surface area contributed by atoms with Gasteiger partial charge in [-0.3, -0.25) is 4.79 Å². The number of benzene rings is 2. The Labute approximate surface area is 134 Å². The van der Waals surface area contributed by atoms with Gasteiger partial charge in [0.2, 0.25) is 0 Å². The molecular weight excluding hydrogens is 294 g/mol. The molecule has 0 bridgehead atoms. The number of carbonyl (C=O) groups is 2. The normalized spacial score (nSPS) is 10.2. The molecule has 2 N–H and O–H groups in total. The number of para-hydroxylation sites is 1. The second-order valence-electron chi connectivity index (χ2n) is 5.39. The molecule has 0 saturated heterocycles. The number of rotatable bonds is 5. The van der Waals surface area contributed by atoms with Crippen molar-refractivity contribution < 1.29 is 19.4 Å². The van der Waals surface area contributed by atoms with Crippen molar-refractivity contribution in [3.63, 3.8) is 0 Å². The van der Waals surface area contributed by atoms with E-state index < -0.39 is 11.9 Å². The fourth-order valence-electron chi connectivity index (χ4n) is 2.20. The van der Waals surface area contributed by atoms with Gasteiger partial charge in [0.15, 0.2) is 6.61 Å². The summed E-state index contributed by atoms with van der Waals surface area (Å²) in [5.41, 5.74) is 3.50. The molecular formula is C18H19NO4. The van der Waals surface area contributed by atoms with Crippen LogP contribution in [-0.4, -0.2) is 23.6 Å². The molecule has 0 aliphatic heterocycles. The highest BCUT2D eigenvalue weighted by molar-refractivity contribution is 6.00. The van der Waals surface area contributed by atoms with E-state index in [0.29, 0.717) is 5.75 Å². The first-order valence-electron chi connectivity index (χ1n) is 7.21. The average Bonchev–Trinajstić information content (AvgIpc) is 2.50. The minimum absolute atomic E-state index is 0.0446. The smallest absolute Gasteiger partial charge is 0.337 e. The molecule has 120 valence electrons. The number of hydrogen-bond donors (Lipinski definition) is 2. The summed E-state index contributed by atoms with van der Waals surface area (Å²) in [6.45, 7) is 5.73. The first-order chi connectivity index (χ1) is 10.9. The summed E-state index contributed by atoms with van der Waals surface area (Å²) >= 11 is 0. The molecule has 1 amide bonds. The largest absolute Gasteiger partial charge is 0.483 e. The first kappa shape index (κ1) is 16.5. The summed E-state index contributed by atoms with van der Waals surface area (Å²) in [6.07, 6.45) is 0. The standard InChI is InChI=1S/C18H19NO4/c1-11-8-13(3)16(9-12(11)2)23-10-17(20)19-15-7-5-4-6-14(15)18(21)22/h4-9H,10H2,1-3H3,(H,19,20)(H,21,22). The Bertz CT molecular complexity index is 753. The van der Waals surface area contributed by atoms with E-state index in [0.717, 1.165) is 16.7 Å². The second kappa shape index (κ2) is 6.96. The molecule has 0 fully saturated rings.